The summed E-state index contributed by atoms with van der Waals surface area (Å²) in [5, 5.41) is 12.1. The van der Waals surface area contributed by atoms with Crippen molar-refractivity contribution in [1.82, 2.24) is 5.32 Å². The summed E-state index contributed by atoms with van der Waals surface area (Å²) in [6.07, 6.45) is -0.205. The summed E-state index contributed by atoms with van der Waals surface area (Å²) in [7, 11) is 0. The fraction of sp³-hybridized carbons (Fsp3) is 0.318. The van der Waals surface area contributed by atoms with Crippen LogP contribution in [-0.4, -0.2) is 42.1 Å². The van der Waals surface area contributed by atoms with Crippen molar-refractivity contribution >= 4 is 23.5 Å². The SMILES string of the molecule is CC1Oc2ccccc2N(CCC(=O)NCC(Cc2ccccc2)C(=O)O)C1=O. The first-order chi connectivity index (χ1) is 14.0. The number of ether oxygens (including phenoxy) is 1. The molecule has 2 N–H and O–H groups in total. The summed E-state index contributed by atoms with van der Waals surface area (Å²) < 4.78 is 5.59. The number of fused-ring (bicyclic) bond motifs is 1. The highest BCUT2D eigenvalue weighted by atomic mass is 16.5. The lowest BCUT2D eigenvalue weighted by molar-refractivity contribution is -0.141. The van der Waals surface area contributed by atoms with Gasteiger partial charge in [0.25, 0.3) is 5.91 Å². The van der Waals surface area contributed by atoms with Gasteiger partial charge in [-0.1, -0.05) is 42.5 Å². The zero-order valence-electron chi connectivity index (χ0n) is 16.2. The van der Waals surface area contributed by atoms with Gasteiger partial charge in [0.1, 0.15) is 5.75 Å². The van der Waals surface area contributed by atoms with Gasteiger partial charge in [-0.2, -0.15) is 0 Å². The normalized spacial score (nSPS) is 16.5. The van der Waals surface area contributed by atoms with Crippen molar-refractivity contribution in [3.05, 3.63) is 60.2 Å². The van der Waals surface area contributed by atoms with Crippen LogP contribution >= 0.6 is 0 Å². The maximum atomic E-state index is 12.5. The number of hydrogen-bond donors (Lipinski definition) is 2. The zero-order valence-corrected chi connectivity index (χ0v) is 16.2. The molecule has 2 unspecified atom stereocenters. The second kappa shape index (κ2) is 9.23. The van der Waals surface area contributed by atoms with Crippen LogP contribution in [-0.2, 0) is 20.8 Å². The molecule has 2 amide bonds. The highest BCUT2D eigenvalue weighted by molar-refractivity contribution is 6.00. The minimum atomic E-state index is -0.958. The average Bonchev–Trinajstić information content (AvgIpc) is 2.72. The predicted molar refractivity (Wildman–Crippen MR) is 108 cm³/mol. The third-order valence-corrected chi connectivity index (χ3v) is 4.86. The van der Waals surface area contributed by atoms with Gasteiger partial charge < -0.3 is 20.1 Å². The molecule has 1 aliphatic rings. The lowest BCUT2D eigenvalue weighted by Gasteiger charge is -2.32. The zero-order chi connectivity index (χ0) is 20.8. The van der Waals surface area contributed by atoms with Gasteiger partial charge in [-0.15, -0.1) is 0 Å². The molecule has 3 rings (SSSR count). The summed E-state index contributed by atoms with van der Waals surface area (Å²) in [6.45, 7) is 1.91. The molecule has 0 aliphatic carbocycles. The van der Waals surface area contributed by atoms with Crippen LogP contribution in [0, 0.1) is 5.92 Å². The molecule has 152 valence electrons. The molecule has 7 nitrogen and oxygen atoms in total. The molecule has 0 saturated heterocycles. The topological polar surface area (TPSA) is 95.9 Å². The fourth-order valence-corrected chi connectivity index (χ4v) is 3.27. The minimum Gasteiger partial charge on any atom is -0.481 e. The second-order valence-corrected chi connectivity index (χ2v) is 7.00. The number of nitrogens with one attached hydrogen (secondary N) is 1. The van der Waals surface area contributed by atoms with Crippen LogP contribution in [0.1, 0.15) is 18.9 Å². The Morgan fingerprint density at radius 2 is 1.83 bits per heavy atom. The van der Waals surface area contributed by atoms with Gasteiger partial charge in [-0.3, -0.25) is 14.4 Å². The maximum absolute atomic E-state index is 12.5. The van der Waals surface area contributed by atoms with E-state index in [1.54, 1.807) is 30.0 Å². The first-order valence-corrected chi connectivity index (χ1v) is 9.56. The number of para-hydroxylation sites is 2. The largest absolute Gasteiger partial charge is 0.481 e. The molecule has 0 bridgehead atoms. The van der Waals surface area contributed by atoms with Gasteiger partial charge in [0.15, 0.2) is 6.10 Å². The summed E-state index contributed by atoms with van der Waals surface area (Å²) in [4.78, 5) is 37.8. The number of carbonyl (C=O) groups excluding carboxylic acids is 2. The number of rotatable bonds is 8. The summed E-state index contributed by atoms with van der Waals surface area (Å²) in [6, 6.07) is 16.5. The summed E-state index contributed by atoms with van der Waals surface area (Å²) in [5.41, 5.74) is 1.54. The summed E-state index contributed by atoms with van der Waals surface area (Å²) in [5.74, 6) is -1.57. The Labute approximate surface area is 169 Å². The van der Waals surface area contributed by atoms with Crippen molar-refractivity contribution in [2.75, 3.05) is 18.0 Å². The van der Waals surface area contributed by atoms with Crippen LogP contribution in [0.4, 0.5) is 5.69 Å². The number of carboxylic acids is 1. The first kappa shape index (κ1) is 20.4. The minimum absolute atomic E-state index is 0.0348. The van der Waals surface area contributed by atoms with Crippen LogP contribution in [0.5, 0.6) is 5.75 Å². The average molecular weight is 396 g/mol. The molecule has 2 atom stereocenters. The number of nitrogens with zero attached hydrogens (tertiary/aromatic N) is 1. The highest BCUT2D eigenvalue weighted by Gasteiger charge is 2.31. The van der Waals surface area contributed by atoms with Crippen LogP contribution in [0.25, 0.3) is 0 Å². The molecule has 1 aliphatic heterocycles. The highest BCUT2D eigenvalue weighted by Crippen LogP contribution is 2.33. The number of carboxylic acid groups (broad SMARTS) is 1. The van der Waals surface area contributed by atoms with Gasteiger partial charge in [-0.05, 0) is 31.0 Å². The van der Waals surface area contributed by atoms with Crippen LogP contribution in [0.2, 0.25) is 0 Å². The van der Waals surface area contributed by atoms with Crippen molar-refractivity contribution in [3.63, 3.8) is 0 Å². The van der Waals surface area contributed by atoms with Crippen LogP contribution in [0.3, 0.4) is 0 Å². The van der Waals surface area contributed by atoms with Gasteiger partial charge in [0, 0.05) is 19.5 Å². The smallest absolute Gasteiger partial charge is 0.308 e. The molecule has 0 spiro atoms. The monoisotopic (exact) mass is 396 g/mol. The lowest BCUT2D eigenvalue weighted by atomic mass is 9.99. The Hall–Kier alpha value is -3.35. The van der Waals surface area contributed by atoms with Crippen molar-refractivity contribution in [3.8, 4) is 5.75 Å². The quantitative estimate of drug-likeness (QED) is 0.714. The van der Waals surface area contributed by atoms with Gasteiger partial charge in [0.05, 0.1) is 11.6 Å². The molecule has 0 aromatic heterocycles. The van der Waals surface area contributed by atoms with Gasteiger partial charge in [0.2, 0.25) is 5.91 Å². The number of anilines is 1. The predicted octanol–water partition coefficient (Wildman–Crippen LogP) is 2.25. The summed E-state index contributed by atoms with van der Waals surface area (Å²) >= 11 is 0. The first-order valence-electron chi connectivity index (χ1n) is 9.56. The Morgan fingerprint density at radius 1 is 1.14 bits per heavy atom. The third-order valence-electron chi connectivity index (χ3n) is 4.86. The van der Waals surface area contributed by atoms with E-state index in [1.165, 1.54) is 0 Å². The van der Waals surface area contributed by atoms with Crippen molar-refractivity contribution in [1.29, 1.82) is 0 Å². The molecule has 0 fully saturated rings. The molecular formula is C22H24N2O5. The van der Waals surface area contributed by atoms with E-state index >= 15 is 0 Å². The number of carbonyl (C=O) groups is 3. The molecule has 29 heavy (non-hydrogen) atoms. The van der Waals surface area contributed by atoms with E-state index in [1.807, 2.05) is 36.4 Å². The molecule has 0 saturated carbocycles. The van der Waals surface area contributed by atoms with E-state index in [9.17, 15) is 19.5 Å². The van der Waals surface area contributed by atoms with E-state index in [2.05, 4.69) is 5.32 Å². The Bertz CT molecular complexity index is 884. The lowest BCUT2D eigenvalue weighted by Crippen LogP contribution is -2.46. The Morgan fingerprint density at radius 3 is 2.55 bits per heavy atom. The van der Waals surface area contributed by atoms with Crippen molar-refractivity contribution in [2.24, 2.45) is 5.92 Å². The van der Waals surface area contributed by atoms with Gasteiger partial charge >= 0.3 is 5.97 Å². The number of hydrogen-bond acceptors (Lipinski definition) is 4. The maximum Gasteiger partial charge on any atom is 0.308 e. The number of amides is 2. The van der Waals surface area contributed by atoms with Gasteiger partial charge in [-0.25, -0.2) is 0 Å². The molecular weight excluding hydrogens is 372 g/mol. The fourth-order valence-electron chi connectivity index (χ4n) is 3.27. The number of benzene rings is 2. The number of aliphatic carboxylic acids is 1. The molecule has 7 heteroatoms. The van der Waals surface area contributed by atoms with E-state index < -0.39 is 18.0 Å². The third kappa shape index (κ3) is 5.13. The van der Waals surface area contributed by atoms with Crippen LogP contribution in [0.15, 0.2) is 54.6 Å². The second-order valence-electron chi connectivity index (χ2n) is 7.00. The van der Waals surface area contributed by atoms with Crippen molar-refractivity contribution < 1.29 is 24.2 Å². The molecule has 2 aromatic rings. The Kier molecular flexibility index (Phi) is 6.49. The van der Waals surface area contributed by atoms with E-state index in [-0.39, 0.29) is 31.3 Å². The van der Waals surface area contributed by atoms with Crippen LogP contribution < -0.4 is 15.0 Å². The van der Waals surface area contributed by atoms with E-state index in [4.69, 9.17) is 4.74 Å². The molecule has 1 heterocycles. The molecule has 2 aromatic carbocycles. The molecule has 0 radical (unpaired) electrons. The Balaban J connectivity index is 1.55. The van der Waals surface area contributed by atoms with E-state index in [0.717, 1.165) is 5.56 Å². The van der Waals surface area contributed by atoms with E-state index in [0.29, 0.717) is 17.9 Å². The van der Waals surface area contributed by atoms with Crippen molar-refractivity contribution in [2.45, 2.75) is 25.9 Å². The standard InChI is InChI=1S/C22H24N2O5/c1-15-21(26)24(18-9-5-6-10-19(18)29-15)12-11-20(25)23-14-17(22(27)28)13-16-7-3-2-4-8-16/h2-10,15,17H,11-14H2,1H3,(H,23,25)(H,27,28).